The molecule has 0 bridgehead atoms. The summed E-state index contributed by atoms with van der Waals surface area (Å²) in [6.07, 6.45) is 28.9. The van der Waals surface area contributed by atoms with Crippen molar-refractivity contribution in [3.8, 4) is 0 Å². The van der Waals surface area contributed by atoms with Crippen LogP contribution in [0.15, 0.2) is 0 Å². The maximum absolute atomic E-state index is 5.90. The van der Waals surface area contributed by atoms with Crippen molar-refractivity contribution in [1.82, 2.24) is 0 Å². The minimum atomic E-state index is 0. The van der Waals surface area contributed by atoms with Gasteiger partial charge in [0.25, 0.3) is 0 Å². The molecule has 0 amide bonds. The number of hydrogen-bond donors (Lipinski definition) is 0. The summed E-state index contributed by atoms with van der Waals surface area (Å²) in [5.41, 5.74) is 0. The van der Waals surface area contributed by atoms with E-state index in [1.165, 1.54) is 116 Å². The summed E-state index contributed by atoms with van der Waals surface area (Å²) >= 11 is 0. The van der Waals surface area contributed by atoms with Crippen molar-refractivity contribution >= 4 is 18.9 Å². The third kappa shape index (κ3) is 43.1. The van der Waals surface area contributed by atoms with Crippen LogP contribution in [0.2, 0.25) is 0 Å². The molecule has 0 rings (SSSR count). The molecule has 2 radical (unpaired) electrons. The average Bonchev–Trinajstić information content (AvgIpc) is 2.96. The molecule has 0 saturated carbocycles. The monoisotopic (exact) mass is 641 g/mol. The Bertz CT molecular complexity index is 365. The molecule has 42 heavy (non-hydrogen) atoms. The van der Waals surface area contributed by atoms with Crippen molar-refractivity contribution in [2.45, 2.75) is 194 Å². The number of unbranched alkanes of at least 4 members (excludes halogenated alkanes) is 16. The van der Waals surface area contributed by atoms with Crippen LogP contribution in [-0.4, -0.2) is 57.9 Å². The Balaban J connectivity index is -0.000000328. The van der Waals surface area contributed by atoms with Gasteiger partial charge in [0.2, 0.25) is 0 Å². The summed E-state index contributed by atoms with van der Waals surface area (Å²) in [6.45, 7) is 20.1. The van der Waals surface area contributed by atoms with Crippen molar-refractivity contribution in [3.63, 3.8) is 0 Å². The summed E-state index contributed by atoms with van der Waals surface area (Å²) in [5.74, 6) is 0. The van der Waals surface area contributed by atoms with Crippen LogP contribution >= 0.6 is 0 Å². The van der Waals surface area contributed by atoms with Gasteiger partial charge >= 0.3 is 17.1 Å². The maximum atomic E-state index is 5.90. The first kappa shape index (κ1) is 49.8. The van der Waals surface area contributed by atoms with Gasteiger partial charge in [-0.1, -0.05) is 130 Å². The second kappa shape index (κ2) is 46.4. The Kier molecular flexibility index (Phi) is 55.0. The van der Waals surface area contributed by atoms with E-state index in [9.17, 15) is 0 Å². The second-order valence-electron chi connectivity index (χ2n) is 11.3. The first-order valence-corrected chi connectivity index (χ1v) is 17.7. The standard InChI is InChI=1S/2C18H37O2.Cu.Li/c2*1-4-7-10-13-16-19-18(15-12-9-6-3)20-17-14-11-8-5-2;;/h2*18H,3-17H2,1-2H3;;/q2*-1;+2;. The van der Waals surface area contributed by atoms with Crippen LogP contribution in [0, 0.1) is 13.8 Å². The first-order chi connectivity index (χ1) is 19.7. The summed E-state index contributed by atoms with van der Waals surface area (Å²) < 4.78 is 23.6. The fourth-order valence-electron chi connectivity index (χ4n) is 4.38. The van der Waals surface area contributed by atoms with Gasteiger partial charge in [-0.15, -0.1) is 0 Å². The molecule has 0 heterocycles. The molecule has 4 nitrogen and oxygen atoms in total. The van der Waals surface area contributed by atoms with Crippen molar-refractivity contribution in [2.75, 3.05) is 26.4 Å². The molecule has 0 saturated heterocycles. The topological polar surface area (TPSA) is 36.9 Å². The Morgan fingerprint density at radius 2 is 0.643 bits per heavy atom. The molecule has 0 aliphatic heterocycles. The van der Waals surface area contributed by atoms with Gasteiger partial charge in [-0.25, -0.2) is 0 Å². The normalized spacial score (nSPS) is 10.9. The molecular weight excluding hydrogens is 567 g/mol. The van der Waals surface area contributed by atoms with Gasteiger partial charge in [0.1, 0.15) is 0 Å². The largest absolute Gasteiger partial charge is 2.00 e. The van der Waals surface area contributed by atoms with Crippen LogP contribution in [-0.2, 0) is 36.0 Å². The zero-order chi connectivity index (χ0) is 29.8. The van der Waals surface area contributed by atoms with E-state index in [0.29, 0.717) is 0 Å². The average molecular weight is 641 g/mol. The molecule has 0 aliphatic carbocycles. The SMILES string of the molecule is [CH2-]CCCCC(OCCCCCC)OCCCCCC.[CH2-]CCCCC(OCCCCCC)OCCCCCC.[Cu+2].[Li]. The molecule has 0 unspecified atom stereocenters. The third-order valence-electron chi connectivity index (χ3n) is 7.09. The van der Waals surface area contributed by atoms with E-state index in [1.807, 2.05) is 0 Å². The predicted molar refractivity (Wildman–Crippen MR) is 181 cm³/mol. The maximum Gasteiger partial charge on any atom is 2.00 e. The predicted octanol–water partition coefficient (Wildman–Crippen LogP) is 11.4. The Morgan fingerprint density at radius 3 is 0.857 bits per heavy atom. The molecular formula is C36H74CuLiO4. The van der Waals surface area contributed by atoms with Gasteiger partial charge in [0.05, 0.1) is 0 Å². The summed E-state index contributed by atoms with van der Waals surface area (Å²) in [4.78, 5) is 0. The third-order valence-corrected chi connectivity index (χ3v) is 7.09. The minimum absolute atomic E-state index is 0. The molecule has 6 heteroatoms. The molecule has 0 N–H and O–H groups in total. The van der Waals surface area contributed by atoms with E-state index in [1.54, 1.807) is 0 Å². The summed E-state index contributed by atoms with van der Waals surface area (Å²) in [5, 5.41) is 0. The Hall–Kier alpha value is 0.957. The van der Waals surface area contributed by atoms with Gasteiger partial charge in [-0.05, 0) is 38.5 Å². The van der Waals surface area contributed by atoms with Crippen molar-refractivity contribution in [3.05, 3.63) is 13.8 Å². The van der Waals surface area contributed by atoms with E-state index in [-0.39, 0.29) is 48.5 Å². The minimum Gasteiger partial charge on any atom is -0.353 e. The quantitative estimate of drug-likeness (QED) is 0.0317. The summed E-state index contributed by atoms with van der Waals surface area (Å²) in [6, 6.07) is 0. The second-order valence-corrected chi connectivity index (χ2v) is 11.3. The van der Waals surface area contributed by atoms with Gasteiger partial charge in [0, 0.05) is 45.3 Å². The van der Waals surface area contributed by atoms with Crippen molar-refractivity contribution in [1.29, 1.82) is 0 Å². The van der Waals surface area contributed by atoms with E-state index in [4.69, 9.17) is 18.9 Å². The van der Waals surface area contributed by atoms with Crippen molar-refractivity contribution < 1.29 is 36.0 Å². The molecule has 254 valence electrons. The zero-order valence-electron chi connectivity index (χ0n) is 29.3. The number of rotatable bonds is 32. The molecule has 0 aromatic carbocycles. The van der Waals surface area contributed by atoms with Crippen LogP contribution in [0.25, 0.3) is 0 Å². The van der Waals surface area contributed by atoms with Gasteiger partial charge in [0.15, 0.2) is 12.6 Å². The van der Waals surface area contributed by atoms with E-state index in [2.05, 4.69) is 41.5 Å². The zero-order valence-corrected chi connectivity index (χ0v) is 30.2. The molecule has 0 fully saturated rings. The van der Waals surface area contributed by atoms with Crippen LogP contribution < -0.4 is 0 Å². The number of ether oxygens (including phenoxy) is 4. The van der Waals surface area contributed by atoms with Gasteiger partial charge < -0.3 is 32.8 Å². The molecule has 0 aromatic rings. The van der Waals surface area contributed by atoms with Crippen LogP contribution in [0.5, 0.6) is 0 Å². The van der Waals surface area contributed by atoms with Gasteiger partial charge in [-0.3, -0.25) is 0 Å². The molecule has 0 atom stereocenters. The summed E-state index contributed by atoms with van der Waals surface area (Å²) in [7, 11) is 0. The van der Waals surface area contributed by atoms with Crippen molar-refractivity contribution in [2.24, 2.45) is 0 Å². The number of hydrogen-bond acceptors (Lipinski definition) is 4. The fraction of sp³-hybridized carbons (Fsp3) is 0.944. The van der Waals surface area contributed by atoms with E-state index < -0.39 is 0 Å². The molecule has 0 spiro atoms. The molecule has 0 aromatic heterocycles. The van der Waals surface area contributed by atoms with E-state index >= 15 is 0 Å². The van der Waals surface area contributed by atoms with E-state index in [0.717, 1.165) is 65.0 Å². The first-order valence-electron chi connectivity index (χ1n) is 17.7. The fourth-order valence-corrected chi connectivity index (χ4v) is 4.38. The Labute approximate surface area is 288 Å². The smallest absolute Gasteiger partial charge is 0.353 e. The molecule has 0 aliphatic rings. The Morgan fingerprint density at radius 1 is 0.381 bits per heavy atom. The van der Waals surface area contributed by atoms with Crippen LogP contribution in [0.1, 0.15) is 182 Å². The van der Waals surface area contributed by atoms with Crippen LogP contribution in [0.3, 0.4) is 0 Å². The van der Waals surface area contributed by atoms with Crippen LogP contribution in [0.4, 0.5) is 0 Å². The van der Waals surface area contributed by atoms with Gasteiger partial charge in [-0.2, -0.15) is 12.8 Å².